The van der Waals surface area contributed by atoms with Crippen molar-refractivity contribution in [2.24, 2.45) is 11.8 Å². The molecule has 0 heterocycles. The minimum absolute atomic E-state index is 0.254. The fourth-order valence-electron chi connectivity index (χ4n) is 1.72. The van der Waals surface area contributed by atoms with Gasteiger partial charge in [-0.05, 0) is 51.4 Å². The van der Waals surface area contributed by atoms with Crippen molar-refractivity contribution in [3.63, 3.8) is 0 Å². The maximum atomic E-state index is 11.8. The monoisotopic (exact) mass is 294 g/mol. The van der Waals surface area contributed by atoms with Gasteiger partial charge in [-0.2, -0.15) is 0 Å². The molecule has 5 heteroatoms. The lowest BCUT2D eigenvalue weighted by atomic mass is 10.1. The summed E-state index contributed by atoms with van der Waals surface area (Å²) in [7, 11) is -3.92. The van der Waals surface area contributed by atoms with E-state index in [1.54, 1.807) is 0 Å². The van der Waals surface area contributed by atoms with Crippen molar-refractivity contribution in [2.75, 3.05) is 0 Å². The van der Waals surface area contributed by atoms with Gasteiger partial charge < -0.3 is 4.89 Å². The molecule has 0 aliphatic rings. The van der Waals surface area contributed by atoms with E-state index in [1.165, 1.54) is 0 Å². The topological polar surface area (TPSA) is 55.8 Å². The Hall–Kier alpha value is 0.110. The third-order valence-electron chi connectivity index (χ3n) is 2.93. The molecular formula is C14H31O4P. The molecule has 0 aromatic heterocycles. The first-order valence-electron chi connectivity index (χ1n) is 7.32. The summed E-state index contributed by atoms with van der Waals surface area (Å²) < 4.78 is 22.1. The average Bonchev–Trinajstić information content (AvgIpc) is 2.22. The van der Waals surface area contributed by atoms with Crippen LogP contribution in [0.2, 0.25) is 0 Å². The van der Waals surface area contributed by atoms with Gasteiger partial charge in [-0.3, -0.25) is 9.05 Å². The van der Waals surface area contributed by atoms with Crippen LogP contribution in [0.25, 0.3) is 0 Å². The van der Waals surface area contributed by atoms with E-state index in [-0.39, 0.29) is 12.2 Å². The fourth-order valence-corrected chi connectivity index (χ4v) is 2.89. The Morgan fingerprint density at radius 1 is 0.789 bits per heavy atom. The van der Waals surface area contributed by atoms with Crippen LogP contribution in [-0.2, 0) is 13.6 Å². The van der Waals surface area contributed by atoms with Crippen molar-refractivity contribution in [1.82, 2.24) is 0 Å². The SMILES string of the molecule is CC(C)CCC(C)OP(=O)(O)OC(C)CCC(C)C. The van der Waals surface area contributed by atoms with Crippen molar-refractivity contribution < 1.29 is 18.5 Å². The van der Waals surface area contributed by atoms with Crippen LogP contribution in [0.15, 0.2) is 0 Å². The van der Waals surface area contributed by atoms with Gasteiger partial charge in [0.25, 0.3) is 0 Å². The van der Waals surface area contributed by atoms with Gasteiger partial charge in [0.15, 0.2) is 0 Å². The summed E-state index contributed by atoms with van der Waals surface area (Å²) in [5.74, 6) is 1.13. The standard InChI is InChI=1S/C14H31O4P/c1-11(2)7-9-13(5)17-19(15,16)18-14(6)10-8-12(3)4/h11-14H,7-10H2,1-6H3,(H,15,16). The highest BCUT2D eigenvalue weighted by molar-refractivity contribution is 7.47. The minimum atomic E-state index is -3.92. The third kappa shape index (κ3) is 11.6. The van der Waals surface area contributed by atoms with Gasteiger partial charge in [-0.1, -0.05) is 27.7 Å². The highest BCUT2D eigenvalue weighted by Crippen LogP contribution is 2.47. The van der Waals surface area contributed by atoms with Gasteiger partial charge >= 0.3 is 7.82 Å². The fraction of sp³-hybridized carbons (Fsp3) is 1.00. The Bertz CT molecular complexity index is 255. The summed E-state index contributed by atoms with van der Waals surface area (Å²) >= 11 is 0. The minimum Gasteiger partial charge on any atom is -0.302 e. The van der Waals surface area contributed by atoms with E-state index in [0.717, 1.165) is 25.7 Å². The van der Waals surface area contributed by atoms with Crippen LogP contribution >= 0.6 is 7.82 Å². The second kappa shape index (κ2) is 9.12. The zero-order valence-electron chi connectivity index (χ0n) is 13.3. The van der Waals surface area contributed by atoms with E-state index in [1.807, 2.05) is 13.8 Å². The van der Waals surface area contributed by atoms with E-state index in [9.17, 15) is 9.46 Å². The molecule has 0 aliphatic heterocycles. The molecule has 0 fully saturated rings. The zero-order valence-corrected chi connectivity index (χ0v) is 14.2. The second-order valence-electron chi connectivity index (χ2n) is 6.24. The molecule has 0 aromatic carbocycles. The molecule has 0 saturated heterocycles. The maximum absolute atomic E-state index is 11.8. The lowest BCUT2D eigenvalue weighted by Crippen LogP contribution is -2.13. The van der Waals surface area contributed by atoms with Gasteiger partial charge in [0, 0.05) is 0 Å². The smallest absolute Gasteiger partial charge is 0.302 e. The van der Waals surface area contributed by atoms with Gasteiger partial charge in [-0.15, -0.1) is 0 Å². The summed E-state index contributed by atoms with van der Waals surface area (Å²) in [5.41, 5.74) is 0. The second-order valence-corrected chi connectivity index (χ2v) is 7.60. The lowest BCUT2D eigenvalue weighted by Gasteiger charge is -2.21. The van der Waals surface area contributed by atoms with Gasteiger partial charge in [-0.25, -0.2) is 4.57 Å². The van der Waals surface area contributed by atoms with Crippen molar-refractivity contribution in [3.8, 4) is 0 Å². The van der Waals surface area contributed by atoms with Crippen molar-refractivity contribution in [1.29, 1.82) is 0 Å². The molecule has 1 N–H and O–H groups in total. The predicted molar refractivity (Wildman–Crippen MR) is 79.1 cm³/mol. The zero-order chi connectivity index (χ0) is 15.1. The largest absolute Gasteiger partial charge is 0.472 e. The highest BCUT2D eigenvalue weighted by atomic mass is 31.2. The Balaban J connectivity index is 4.05. The first kappa shape index (κ1) is 19.1. The first-order chi connectivity index (χ1) is 8.62. The van der Waals surface area contributed by atoms with Crippen LogP contribution in [-0.4, -0.2) is 17.1 Å². The Morgan fingerprint density at radius 3 is 1.37 bits per heavy atom. The van der Waals surface area contributed by atoms with E-state index < -0.39 is 7.82 Å². The molecule has 4 nitrogen and oxygen atoms in total. The molecule has 0 aromatic rings. The molecule has 0 amide bonds. The molecule has 0 saturated carbocycles. The molecule has 116 valence electrons. The quantitative estimate of drug-likeness (QED) is 0.590. The Morgan fingerprint density at radius 2 is 1.11 bits per heavy atom. The Kier molecular flexibility index (Phi) is 9.17. The van der Waals surface area contributed by atoms with E-state index >= 15 is 0 Å². The lowest BCUT2D eigenvalue weighted by molar-refractivity contribution is 0.0761. The summed E-state index contributed by atoms with van der Waals surface area (Å²) in [6.07, 6.45) is 2.98. The number of phosphoric acid groups is 1. The van der Waals surface area contributed by atoms with Gasteiger partial charge in [0.1, 0.15) is 0 Å². The number of rotatable bonds is 10. The first-order valence-corrected chi connectivity index (χ1v) is 8.81. The molecule has 2 atom stereocenters. The van der Waals surface area contributed by atoms with E-state index in [2.05, 4.69) is 27.7 Å². The van der Waals surface area contributed by atoms with Gasteiger partial charge in [0.2, 0.25) is 0 Å². The van der Waals surface area contributed by atoms with Crippen LogP contribution in [0, 0.1) is 11.8 Å². The molecule has 0 spiro atoms. The molecule has 19 heavy (non-hydrogen) atoms. The van der Waals surface area contributed by atoms with Crippen LogP contribution in [0.3, 0.4) is 0 Å². The number of phosphoric ester groups is 1. The third-order valence-corrected chi connectivity index (χ3v) is 4.18. The molecule has 0 aliphatic carbocycles. The molecule has 0 rings (SSSR count). The highest BCUT2D eigenvalue weighted by Gasteiger charge is 2.27. The summed E-state index contributed by atoms with van der Waals surface area (Å²) in [6.45, 7) is 12.1. The molecule has 2 unspecified atom stereocenters. The van der Waals surface area contributed by atoms with Crippen molar-refractivity contribution >= 4 is 7.82 Å². The normalized spacial score (nSPS) is 18.6. The molecule has 0 radical (unpaired) electrons. The van der Waals surface area contributed by atoms with Crippen molar-refractivity contribution in [2.45, 2.75) is 79.4 Å². The molecule has 0 bridgehead atoms. The summed E-state index contributed by atoms with van der Waals surface area (Å²) in [4.78, 5) is 9.70. The van der Waals surface area contributed by atoms with E-state index in [4.69, 9.17) is 9.05 Å². The van der Waals surface area contributed by atoms with E-state index in [0.29, 0.717) is 11.8 Å². The van der Waals surface area contributed by atoms with Crippen LogP contribution in [0.5, 0.6) is 0 Å². The predicted octanol–water partition coefficient (Wildman–Crippen LogP) is 4.77. The maximum Gasteiger partial charge on any atom is 0.472 e. The van der Waals surface area contributed by atoms with Crippen molar-refractivity contribution in [3.05, 3.63) is 0 Å². The number of hydrogen-bond donors (Lipinski definition) is 1. The van der Waals surface area contributed by atoms with Crippen LogP contribution < -0.4 is 0 Å². The van der Waals surface area contributed by atoms with Gasteiger partial charge in [0.05, 0.1) is 12.2 Å². The van der Waals surface area contributed by atoms with Crippen LogP contribution in [0.1, 0.15) is 67.2 Å². The number of hydrogen-bond acceptors (Lipinski definition) is 3. The summed E-state index contributed by atoms with van der Waals surface area (Å²) in [5, 5.41) is 0. The van der Waals surface area contributed by atoms with Crippen LogP contribution in [0.4, 0.5) is 0 Å². The molecular weight excluding hydrogens is 263 g/mol. The Labute approximate surface area is 118 Å². The summed E-state index contributed by atoms with van der Waals surface area (Å²) in [6, 6.07) is 0. The average molecular weight is 294 g/mol.